The topological polar surface area (TPSA) is 15.3 Å². The zero-order chi connectivity index (χ0) is 13.1. The smallest absolute Gasteiger partial charge is 0.258 e. The Hall–Kier alpha value is -0.590. The van der Waals surface area contributed by atoms with Crippen LogP contribution in [0.1, 0.15) is 11.6 Å². The van der Waals surface area contributed by atoms with Gasteiger partial charge in [0.2, 0.25) is 0 Å². The summed E-state index contributed by atoms with van der Waals surface area (Å²) in [7, 11) is 0. The van der Waals surface area contributed by atoms with Gasteiger partial charge >= 0.3 is 0 Å². The molecule has 1 fully saturated rings. The summed E-state index contributed by atoms with van der Waals surface area (Å²) in [5.41, 5.74) is 0.312. The largest absolute Gasteiger partial charge is 0.314 e. The Labute approximate surface area is 112 Å². The van der Waals surface area contributed by atoms with Gasteiger partial charge in [-0.05, 0) is 23.8 Å². The van der Waals surface area contributed by atoms with E-state index in [4.69, 9.17) is 0 Å². The van der Waals surface area contributed by atoms with Gasteiger partial charge in [-0.25, -0.2) is 13.2 Å². The van der Waals surface area contributed by atoms with Gasteiger partial charge in [-0.15, -0.1) is 0 Å². The predicted molar refractivity (Wildman–Crippen MR) is 67.3 cm³/mol. The SMILES string of the molecule is Fc1ccc(Br)c([C@H](C(F)F)N2CCNCC2)c1. The van der Waals surface area contributed by atoms with Gasteiger partial charge in [0.1, 0.15) is 5.82 Å². The average Bonchev–Trinajstić information content (AvgIpc) is 2.35. The van der Waals surface area contributed by atoms with Crippen molar-refractivity contribution in [3.63, 3.8) is 0 Å². The molecular formula is C12H14BrF3N2. The van der Waals surface area contributed by atoms with E-state index >= 15 is 0 Å². The predicted octanol–water partition coefficient (Wildman–Crippen LogP) is 2.80. The minimum absolute atomic E-state index is 0.312. The highest BCUT2D eigenvalue weighted by Crippen LogP contribution is 2.33. The molecule has 1 aliphatic heterocycles. The molecule has 1 aromatic carbocycles. The van der Waals surface area contributed by atoms with Crippen molar-refractivity contribution in [3.8, 4) is 0 Å². The lowest BCUT2D eigenvalue weighted by atomic mass is 10.0. The first-order valence-electron chi connectivity index (χ1n) is 5.77. The van der Waals surface area contributed by atoms with Crippen LogP contribution in [-0.4, -0.2) is 37.5 Å². The third-order valence-corrected chi connectivity index (χ3v) is 3.78. The van der Waals surface area contributed by atoms with E-state index in [-0.39, 0.29) is 0 Å². The summed E-state index contributed by atoms with van der Waals surface area (Å²) in [5, 5.41) is 3.11. The first-order chi connectivity index (χ1) is 8.59. The Morgan fingerprint density at radius 2 is 1.89 bits per heavy atom. The standard InChI is InChI=1S/C12H14BrF3N2/c13-10-2-1-8(14)7-9(10)11(12(15)16)18-5-3-17-4-6-18/h1-2,7,11-12,17H,3-6H2/t11-/m1/s1. The molecular weight excluding hydrogens is 309 g/mol. The van der Waals surface area contributed by atoms with Gasteiger partial charge < -0.3 is 5.32 Å². The normalized spacial score (nSPS) is 19.2. The Kier molecular flexibility index (Phi) is 4.64. The van der Waals surface area contributed by atoms with E-state index in [9.17, 15) is 13.2 Å². The van der Waals surface area contributed by atoms with E-state index in [2.05, 4.69) is 21.2 Å². The van der Waals surface area contributed by atoms with Crippen LogP contribution in [0.4, 0.5) is 13.2 Å². The number of hydrogen-bond donors (Lipinski definition) is 1. The molecule has 0 aliphatic carbocycles. The zero-order valence-electron chi connectivity index (χ0n) is 9.67. The maximum Gasteiger partial charge on any atom is 0.258 e. The van der Waals surface area contributed by atoms with Crippen LogP contribution in [0.5, 0.6) is 0 Å². The number of nitrogens with one attached hydrogen (secondary N) is 1. The molecule has 0 unspecified atom stereocenters. The van der Waals surface area contributed by atoms with Gasteiger partial charge in [0.25, 0.3) is 6.43 Å². The molecule has 1 aromatic rings. The number of hydrogen-bond acceptors (Lipinski definition) is 2. The molecule has 0 radical (unpaired) electrons. The second-order valence-corrected chi connectivity index (χ2v) is 5.09. The van der Waals surface area contributed by atoms with Crippen LogP contribution >= 0.6 is 15.9 Å². The molecule has 1 heterocycles. The number of rotatable bonds is 3. The lowest BCUT2D eigenvalue weighted by Crippen LogP contribution is -2.47. The molecule has 0 aromatic heterocycles. The summed E-state index contributed by atoms with van der Waals surface area (Å²) < 4.78 is 40.3. The molecule has 6 heteroatoms. The van der Waals surface area contributed by atoms with Crippen molar-refractivity contribution in [1.29, 1.82) is 0 Å². The van der Waals surface area contributed by atoms with Gasteiger partial charge in [0.05, 0.1) is 6.04 Å². The first-order valence-corrected chi connectivity index (χ1v) is 6.57. The van der Waals surface area contributed by atoms with Crippen LogP contribution in [0, 0.1) is 5.82 Å². The van der Waals surface area contributed by atoms with Gasteiger partial charge in [0, 0.05) is 30.7 Å². The van der Waals surface area contributed by atoms with Crippen LogP contribution in [0.25, 0.3) is 0 Å². The third kappa shape index (κ3) is 3.05. The van der Waals surface area contributed by atoms with Crippen LogP contribution in [0.3, 0.4) is 0 Å². The minimum Gasteiger partial charge on any atom is -0.314 e. The molecule has 1 aliphatic rings. The Morgan fingerprint density at radius 1 is 1.22 bits per heavy atom. The Morgan fingerprint density at radius 3 is 2.50 bits per heavy atom. The molecule has 0 spiro atoms. The summed E-state index contributed by atoms with van der Waals surface area (Å²) in [6, 6.07) is 2.86. The number of halogens is 4. The summed E-state index contributed by atoms with van der Waals surface area (Å²) in [4.78, 5) is 1.70. The van der Waals surface area contributed by atoms with Crippen LogP contribution < -0.4 is 5.32 Å². The number of alkyl halides is 2. The Balaban J connectivity index is 2.31. The summed E-state index contributed by atoms with van der Waals surface area (Å²) in [6.07, 6.45) is -2.54. The highest BCUT2D eigenvalue weighted by atomic mass is 79.9. The molecule has 2 rings (SSSR count). The number of piperazine rings is 1. The van der Waals surface area contributed by atoms with E-state index in [1.165, 1.54) is 18.2 Å². The monoisotopic (exact) mass is 322 g/mol. The molecule has 1 saturated heterocycles. The van der Waals surface area contributed by atoms with E-state index in [1.54, 1.807) is 4.90 Å². The third-order valence-electron chi connectivity index (χ3n) is 3.06. The minimum atomic E-state index is -2.54. The zero-order valence-corrected chi connectivity index (χ0v) is 11.3. The van der Waals surface area contributed by atoms with Crippen molar-refractivity contribution in [3.05, 3.63) is 34.1 Å². The summed E-state index contributed by atoms with van der Waals surface area (Å²) in [6.45, 7) is 2.43. The number of nitrogens with zero attached hydrogens (tertiary/aromatic N) is 1. The van der Waals surface area contributed by atoms with Gasteiger partial charge in [-0.2, -0.15) is 0 Å². The van der Waals surface area contributed by atoms with E-state index < -0.39 is 18.3 Å². The Bertz CT molecular complexity index is 408. The van der Waals surface area contributed by atoms with Crippen molar-refractivity contribution in [2.75, 3.05) is 26.2 Å². The van der Waals surface area contributed by atoms with Crippen LogP contribution in [0.2, 0.25) is 0 Å². The van der Waals surface area contributed by atoms with E-state index in [1.807, 2.05) is 0 Å². The molecule has 18 heavy (non-hydrogen) atoms. The maximum absolute atomic E-state index is 13.3. The second kappa shape index (κ2) is 6.04. The molecule has 0 bridgehead atoms. The fourth-order valence-corrected chi connectivity index (χ4v) is 2.67. The first kappa shape index (κ1) is 13.8. The second-order valence-electron chi connectivity index (χ2n) is 4.23. The molecule has 0 amide bonds. The lowest BCUT2D eigenvalue weighted by Gasteiger charge is -2.35. The highest BCUT2D eigenvalue weighted by Gasteiger charge is 2.31. The summed E-state index contributed by atoms with van der Waals surface area (Å²) in [5.74, 6) is -0.492. The van der Waals surface area contributed by atoms with Crippen molar-refractivity contribution in [2.24, 2.45) is 0 Å². The fraction of sp³-hybridized carbons (Fsp3) is 0.500. The van der Waals surface area contributed by atoms with Crippen LogP contribution in [0.15, 0.2) is 22.7 Å². The van der Waals surface area contributed by atoms with Crippen molar-refractivity contribution >= 4 is 15.9 Å². The fourth-order valence-electron chi connectivity index (χ4n) is 2.19. The van der Waals surface area contributed by atoms with Crippen molar-refractivity contribution < 1.29 is 13.2 Å². The number of benzene rings is 1. The van der Waals surface area contributed by atoms with Gasteiger partial charge in [-0.3, -0.25) is 4.90 Å². The van der Waals surface area contributed by atoms with Gasteiger partial charge in [-0.1, -0.05) is 15.9 Å². The molecule has 1 N–H and O–H groups in total. The molecule has 100 valence electrons. The van der Waals surface area contributed by atoms with Gasteiger partial charge in [0.15, 0.2) is 0 Å². The van der Waals surface area contributed by atoms with Crippen molar-refractivity contribution in [1.82, 2.24) is 10.2 Å². The van der Waals surface area contributed by atoms with Crippen LogP contribution in [-0.2, 0) is 0 Å². The van der Waals surface area contributed by atoms with E-state index in [0.717, 1.165) is 0 Å². The quantitative estimate of drug-likeness (QED) is 0.920. The molecule has 1 atom stereocenters. The van der Waals surface area contributed by atoms with Crippen molar-refractivity contribution in [2.45, 2.75) is 12.5 Å². The molecule has 2 nitrogen and oxygen atoms in total. The summed E-state index contributed by atoms with van der Waals surface area (Å²) >= 11 is 3.22. The molecule has 0 saturated carbocycles. The lowest BCUT2D eigenvalue weighted by molar-refractivity contribution is 0.0177. The highest BCUT2D eigenvalue weighted by molar-refractivity contribution is 9.10. The maximum atomic E-state index is 13.3. The average molecular weight is 323 g/mol. The van der Waals surface area contributed by atoms with E-state index in [0.29, 0.717) is 36.2 Å².